The summed E-state index contributed by atoms with van der Waals surface area (Å²) in [4.78, 5) is 24.5. The van der Waals surface area contributed by atoms with Crippen molar-refractivity contribution in [1.82, 2.24) is 9.97 Å². The van der Waals surface area contributed by atoms with E-state index in [-0.39, 0.29) is 23.0 Å². The van der Waals surface area contributed by atoms with Crippen LogP contribution >= 0.6 is 11.3 Å². The molecule has 0 saturated carbocycles. The molecule has 1 amide bonds. The molecule has 4 rings (SSSR count). The average Bonchev–Trinajstić information content (AvgIpc) is 3.22. The number of carbonyl (C=O) groups excluding carboxylic acids is 1. The number of aromatic nitrogens is 2. The van der Waals surface area contributed by atoms with Crippen LogP contribution in [0.1, 0.15) is 29.3 Å². The van der Waals surface area contributed by atoms with Crippen LogP contribution in [0.2, 0.25) is 0 Å². The Bertz CT molecular complexity index is 1400. The van der Waals surface area contributed by atoms with Crippen LogP contribution in [0.25, 0.3) is 10.2 Å². The monoisotopic (exact) mass is 479 g/mol. The number of amides is 1. The van der Waals surface area contributed by atoms with E-state index >= 15 is 0 Å². The predicted octanol–water partition coefficient (Wildman–Crippen LogP) is 4.88. The average molecular weight is 480 g/mol. The molecule has 0 unspecified atom stereocenters. The van der Waals surface area contributed by atoms with Crippen molar-refractivity contribution in [2.24, 2.45) is 0 Å². The van der Waals surface area contributed by atoms with Gasteiger partial charge in [-0.15, -0.1) is 0 Å². The van der Waals surface area contributed by atoms with Crippen molar-refractivity contribution in [3.63, 3.8) is 0 Å². The zero-order chi connectivity index (χ0) is 23.6. The minimum absolute atomic E-state index is 0.0413. The summed E-state index contributed by atoms with van der Waals surface area (Å²) in [7, 11) is -3.28. The van der Waals surface area contributed by atoms with E-state index < -0.39 is 9.84 Å². The molecule has 0 N–H and O–H groups in total. The van der Waals surface area contributed by atoms with E-state index in [4.69, 9.17) is 4.98 Å². The number of hydrogen-bond acceptors (Lipinski definition) is 6. The van der Waals surface area contributed by atoms with Gasteiger partial charge in [-0.05, 0) is 60.9 Å². The van der Waals surface area contributed by atoms with Gasteiger partial charge in [0.25, 0.3) is 0 Å². The maximum Gasteiger partial charge on any atom is 0.233 e. The van der Waals surface area contributed by atoms with Gasteiger partial charge in [-0.2, -0.15) is 0 Å². The molecule has 0 aliphatic rings. The van der Waals surface area contributed by atoms with Gasteiger partial charge < -0.3 is 0 Å². The largest absolute Gasteiger partial charge is 0.282 e. The third-order valence-electron chi connectivity index (χ3n) is 5.41. The van der Waals surface area contributed by atoms with E-state index in [0.717, 1.165) is 32.6 Å². The molecule has 4 aromatic rings. The Morgan fingerprint density at radius 2 is 1.82 bits per heavy atom. The number of rotatable bonds is 7. The number of nitrogens with zero attached hydrogens (tertiary/aromatic N) is 3. The van der Waals surface area contributed by atoms with Crippen molar-refractivity contribution in [2.75, 3.05) is 10.7 Å². The summed E-state index contributed by atoms with van der Waals surface area (Å²) < 4.78 is 25.2. The summed E-state index contributed by atoms with van der Waals surface area (Å²) in [5.74, 6) is -0.0835. The fourth-order valence-electron chi connectivity index (χ4n) is 3.64. The van der Waals surface area contributed by atoms with Gasteiger partial charge in [0.15, 0.2) is 15.0 Å². The Morgan fingerprint density at radius 3 is 2.48 bits per heavy atom. The molecule has 8 heteroatoms. The summed E-state index contributed by atoms with van der Waals surface area (Å²) in [6.45, 7) is 5.99. The number of benzene rings is 2. The van der Waals surface area contributed by atoms with Crippen molar-refractivity contribution in [2.45, 2.75) is 38.6 Å². The van der Waals surface area contributed by atoms with E-state index in [2.05, 4.69) is 17.1 Å². The second kappa shape index (κ2) is 9.41. The number of sulfone groups is 1. The van der Waals surface area contributed by atoms with Crippen molar-refractivity contribution in [3.8, 4) is 0 Å². The van der Waals surface area contributed by atoms with Gasteiger partial charge >= 0.3 is 0 Å². The van der Waals surface area contributed by atoms with Crippen LogP contribution in [0.15, 0.2) is 65.7 Å². The summed E-state index contributed by atoms with van der Waals surface area (Å²) in [5.41, 5.74) is 4.63. The lowest BCUT2D eigenvalue weighted by Gasteiger charge is -2.19. The summed E-state index contributed by atoms with van der Waals surface area (Å²) in [6, 6.07) is 16.3. The quantitative estimate of drug-likeness (QED) is 0.377. The van der Waals surface area contributed by atoms with E-state index in [9.17, 15) is 13.2 Å². The normalized spacial score (nSPS) is 11.6. The first-order valence-corrected chi connectivity index (χ1v) is 13.1. The van der Waals surface area contributed by atoms with Crippen LogP contribution in [-0.2, 0) is 27.6 Å². The molecule has 2 aromatic carbocycles. The Morgan fingerprint density at radius 1 is 1.06 bits per heavy atom. The Labute approximate surface area is 197 Å². The molecule has 0 aliphatic heterocycles. The predicted molar refractivity (Wildman–Crippen MR) is 132 cm³/mol. The van der Waals surface area contributed by atoms with E-state index in [1.165, 1.54) is 11.3 Å². The smallest absolute Gasteiger partial charge is 0.233 e. The van der Waals surface area contributed by atoms with Crippen molar-refractivity contribution >= 4 is 42.4 Å². The highest BCUT2D eigenvalue weighted by atomic mass is 32.2. The molecule has 0 aliphatic carbocycles. The van der Waals surface area contributed by atoms with Gasteiger partial charge in [0, 0.05) is 6.20 Å². The topological polar surface area (TPSA) is 80.2 Å². The van der Waals surface area contributed by atoms with Crippen LogP contribution < -0.4 is 4.90 Å². The first kappa shape index (κ1) is 23.1. The molecule has 0 atom stereocenters. The molecular formula is C25H25N3O3S2. The highest BCUT2D eigenvalue weighted by Gasteiger charge is 2.22. The van der Waals surface area contributed by atoms with E-state index in [1.807, 2.05) is 32.0 Å². The molecule has 33 heavy (non-hydrogen) atoms. The molecular weight excluding hydrogens is 454 g/mol. The molecule has 6 nitrogen and oxygen atoms in total. The number of pyridine rings is 1. The van der Waals surface area contributed by atoms with Crippen LogP contribution in [0.4, 0.5) is 5.13 Å². The third-order valence-corrected chi connectivity index (χ3v) is 8.19. The summed E-state index contributed by atoms with van der Waals surface area (Å²) >= 11 is 1.49. The number of carbonyl (C=O) groups is 1. The van der Waals surface area contributed by atoms with Crippen molar-refractivity contribution in [1.29, 1.82) is 0 Å². The Kier molecular flexibility index (Phi) is 6.58. The minimum atomic E-state index is -3.28. The van der Waals surface area contributed by atoms with Gasteiger partial charge in [-0.25, -0.2) is 13.4 Å². The molecule has 0 saturated heterocycles. The lowest BCUT2D eigenvalue weighted by atomic mass is 10.1. The fourth-order valence-corrected chi connectivity index (χ4v) is 5.68. The zero-order valence-electron chi connectivity index (χ0n) is 18.8. The first-order chi connectivity index (χ1) is 15.8. The van der Waals surface area contributed by atoms with Crippen LogP contribution in [-0.4, -0.2) is 30.0 Å². The Balaban J connectivity index is 1.66. The van der Waals surface area contributed by atoms with Gasteiger partial charge in [0.2, 0.25) is 5.91 Å². The second-order valence-electron chi connectivity index (χ2n) is 7.95. The number of aryl methyl sites for hydroxylation is 2. The number of thiazole rings is 1. The molecule has 170 valence electrons. The fraction of sp³-hybridized carbons (Fsp3) is 0.240. The lowest BCUT2D eigenvalue weighted by Crippen LogP contribution is -2.32. The van der Waals surface area contributed by atoms with Crippen LogP contribution in [0, 0.1) is 13.8 Å². The maximum absolute atomic E-state index is 13.4. The zero-order valence-corrected chi connectivity index (χ0v) is 20.4. The number of anilines is 1. The molecule has 0 fully saturated rings. The summed E-state index contributed by atoms with van der Waals surface area (Å²) in [5, 5.41) is 0.625. The van der Waals surface area contributed by atoms with Gasteiger partial charge in [0.1, 0.15) is 0 Å². The Hall–Kier alpha value is -3.10. The van der Waals surface area contributed by atoms with Gasteiger partial charge in [0.05, 0.1) is 39.5 Å². The molecule has 2 heterocycles. The number of fused-ring (bicyclic) bond motifs is 1. The molecule has 0 radical (unpaired) electrons. The lowest BCUT2D eigenvalue weighted by molar-refractivity contribution is -0.118. The van der Waals surface area contributed by atoms with Crippen molar-refractivity contribution < 1.29 is 13.2 Å². The molecule has 2 aromatic heterocycles. The standard InChI is InChI=1S/C25H25N3O3S2/c1-4-33(30,31)21-10-8-19(9-11-21)15-23(29)28(16-20-7-5-6-12-26-20)25-27-24-18(3)13-17(2)14-22(24)32-25/h5-14H,4,15-16H2,1-3H3. The van der Waals surface area contributed by atoms with Gasteiger partial charge in [-0.1, -0.05) is 42.5 Å². The minimum Gasteiger partial charge on any atom is -0.282 e. The molecule has 0 spiro atoms. The highest BCUT2D eigenvalue weighted by molar-refractivity contribution is 7.91. The highest BCUT2D eigenvalue weighted by Crippen LogP contribution is 2.32. The van der Waals surface area contributed by atoms with E-state index in [1.54, 1.807) is 42.3 Å². The van der Waals surface area contributed by atoms with Crippen molar-refractivity contribution in [3.05, 3.63) is 83.2 Å². The first-order valence-electron chi connectivity index (χ1n) is 10.7. The second-order valence-corrected chi connectivity index (χ2v) is 11.2. The molecule has 0 bridgehead atoms. The third kappa shape index (κ3) is 5.12. The maximum atomic E-state index is 13.4. The summed E-state index contributed by atoms with van der Waals surface area (Å²) in [6.07, 6.45) is 1.84. The number of hydrogen-bond donors (Lipinski definition) is 0. The SMILES string of the molecule is CCS(=O)(=O)c1ccc(CC(=O)N(Cc2ccccn2)c2nc3c(C)cc(C)cc3s2)cc1. The van der Waals surface area contributed by atoms with E-state index in [0.29, 0.717) is 11.7 Å². The van der Waals surface area contributed by atoms with Crippen LogP contribution in [0.5, 0.6) is 0 Å². The van der Waals surface area contributed by atoms with Crippen LogP contribution in [0.3, 0.4) is 0 Å². The van der Waals surface area contributed by atoms with Gasteiger partial charge in [-0.3, -0.25) is 14.7 Å².